The Kier molecular flexibility index (Phi) is 5.26. The SMILES string of the molecule is CC(=O)N[C@@H](C)CO[C@H]1C[C@H](COc2ccc3nc(C4(F)CC4)sc3c2F)C1. The number of nitrogens with one attached hydrogen (secondary N) is 1. The molecule has 2 fully saturated rings. The van der Waals surface area contributed by atoms with Crippen LogP contribution in [0.2, 0.25) is 0 Å². The summed E-state index contributed by atoms with van der Waals surface area (Å²) in [5.41, 5.74) is -0.866. The molecule has 0 radical (unpaired) electrons. The minimum Gasteiger partial charge on any atom is -0.490 e. The highest BCUT2D eigenvalue weighted by molar-refractivity contribution is 7.18. The Hall–Kier alpha value is -1.80. The molecule has 2 aromatic rings. The summed E-state index contributed by atoms with van der Waals surface area (Å²) < 4.78 is 40.7. The number of benzene rings is 1. The third-order valence-electron chi connectivity index (χ3n) is 5.23. The number of nitrogens with zero attached hydrogens (tertiary/aromatic N) is 1. The van der Waals surface area contributed by atoms with Crippen LogP contribution in [0.25, 0.3) is 10.2 Å². The number of amides is 1. The molecule has 1 aromatic heterocycles. The van der Waals surface area contributed by atoms with Gasteiger partial charge in [0.15, 0.2) is 17.2 Å². The van der Waals surface area contributed by atoms with Gasteiger partial charge in [-0.25, -0.2) is 13.8 Å². The zero-order valence-electron chi connectivity index (χ0n) is 16.0. The lowest BCUT2D eigenvalue weighted by Gasteiger charge is -2.35. The number of aromatic nitrogens is 1. The first kappa shape index (κ1) is 19.5. The molecule has 152 valence electrons. The summed E-state index contributed by atoms with van der Waals surface area (Å²) in [4.78, 5) is 15.2. The fraction of sp³-hybridized carbons (Fsp3) is 0.600. The van der Waals surface area contributed by atoms with E-state index in [9.17, 15) is 13.6 Å². The van der Waals surface area contributed by atoms with Gasteiger partial charge in [-0.15, -0.1) is 11.3 Å². The van der Waals surface area contributed by atoms with E-state index in [1.54, 1.807) is 12.1 Å². The van der Waals surface area contributed by atoms with Crippen molar-refractivity contribution in [1.29, 1.82) is 0 Å². The van der Waals surface area contributed by atoms with Crippen LogP contribution in [-0.2, 0) is 15.2 Å². The lowest BCUT2D eigenvalue weighted by Crippen LogP contribution is -2.40. The van der Waals surface area contributed by atoms with Gasteiger partial charge in [-0.3, -0.25) is 4.79 Å². The Labute approximate surface area is 166 Å². The zero-order valence-corrected chi connectivity index (χ0v) is 16.8. The van der Waals surface area contributed by atoms with Gasteiger partial charge in [0, 0.05) is 13.0 Å². The van der Waals surface area contributed by atoms with E-state index in [0.29, 0.717) is 47.2 Å². The van der Waals surface area contributed by atoms with Gasteiger partial charge in [0.2, 0.25) is 5.91 Å². The fourth-order valence-electron chi connectivity index (χ4n) is 3.39. The monoisotopic (exact) mass is 410 g/mol. The molecule has 0 unspecified atom stereocenters. The van der Waals surface area contributed by atoms with E-state index in [0.717, 1.165) is 24.2 Å². The first-order valence-electron chi connectivity index (χ1n) is 9.64. The van der Waals surface area contributed by atoms with Crippen LogP contribution in [-0.4, -0.2) is 36.3 Å². The molecule has 1 atom stereocenters. The first-order valence-corrected chi connectivity index (χ1v) is 10.5. The summed E-state index contributed by atoms with van der Waals surface area (Å²) in [7, 11) is 0. The molecule has 1 amide bonds. The van der Waals surface area contributed by atoms with Gasteiger partial charge >= 0.3 is 0 Å². The minimum absolute atomic E-state index is 0.0167. The number of carbonyl (C=O) groups is 1. The normalized spacial score (nSPS) is 23.9. The summed E-state index contributed by atoms with van der Waals surface area (Å²) in [6.07, 6.45) is 2.79. The quantitative estimate of drug-likeness (QED) is 0.712. The van der Waals surface area contributed by atoms with Crippen molar-refractivity contribution in [3.63, 3.8) is 0 Å². The largest absolute Gasteiger partial charge is 0.490 e. The van der Waals surface area contributed by atoms with Gasteiger partial charge in [-0.1, -0.05) is 0 Å². The number of hydrogen-bond acceptors (Lipinski definition) is 5. The maximum absolute atomic E-state index is 14.7. The van der Waals surface area contributed by atoms with Gasteiger partial charge in [-0.2, -0.15) is 0 Å². The second-order valence-electron chi connectivity index (χ2n) is 7.92. The first-order chi connectivity index (χ1) is 13.3. The van der Waals surface area contributed by atoms with Crippen molar-refractivity contribution in [3.8, 4) is 5.75 Å². The van der Waals surface area contributed by atoms with Gasteiger partial charge in [0.05, 0.1) is 29.5 Å². The van der Waals surface area contributed by atoms with Gasteiger partial charge in [0.25, 0.3) is 0 Å². The number of ether oxygens (including phenoxy) is 2. The van der Waals surface area contributed by atoms with E-state index in [4.69, 9.17) is 9.47 Å². The van der Waals surface area contributed by atoms with Crippen LogP contribution in [0.1, 0.15) is 44.5 Å². The predicted octanol–water partition coefficient (Wildman–Crippen LogP) is 4.09. The van der Waals surface area contributed by atoms with E-state index in [-0.39, 0.29) is 23.8 Å². The van der Waals surface area contributed by atoms with Crippen molar-refractivity contribution in [2.24, 2.45) is 5.92 Å². The highest BCUT2D eigenvalue weighted by Gasteiger charge is 2.48. The third kappa shape index (κ3) is 4.12. The lowest BCUT2D eigenvalue weighted by atomic mass is 9.83. The molecule has 0 aliphatic heterocycles. The van der Waals surface area contributed by atoms with Crippen LogP contribution in [0.15, 0.2) is 12.1 Å². The van der Waals surface area contributed by atoms with Crippen molar-refractivity contribution in [3.05, 3.63) is 23.0 Å². The van der Waals surface area contributed by atoms with E-state index < -0.39 is 11.5 Å². The van der Waals surface area contributed by atoms with E-state index in [2.05, 4.69) is 10.3 Å². The Bertz CT molecular complexity index is 878. The molecule has 1 N–H and O–H groups in total. The molecule has 2 aliphatic rings. The molecule has 0 bridgehead atoms. The number of alkyl halides is 1. The predicted molar refractivity (Wildman–Crippen MR) is 103 cm³/mol. The highest BCUT2D eigenvalue weighted by atomic mass is 32.1. The molecule has 5 nitrogen and oxygen atoms in total. The van der Waals surface area contributed by atoms with Crippen molar-refractivity contribution in [1.82, 2.24) is 10.3 Å². The number of carbonyl (C=O) groups excluding carboxylic acids is 1. The topological polar surface area (TPSA) is 60.5 Å². The standard InChI is InChI=1S/C20H24F2N2O3S/c1-11(23-12(2)25)9-26-14-7-13(8-14)10-27-16-4-3-15-18(17(16)21)28-19(24-15)20(22)5-6-20/h3-4,11,13-14H,5-10H2,1-2H3,(H,23,25)/t11-,13-,14-/m0/s1. The van der Waals surface area contributed by atoms with Crippen LogP contribution in [0.3, 0.4) is 0 Å². The average molecular weight is 410 g/mol. The maximum atomic E-state index is 14.7. The summed E-state index contributed by atoms with van der Waals surface area (Å²) in [6, 6.07) is 3.24. The van der Waals surface area contributed by atoms with Gasteiger partial charge in [-0.05, 0) is 50.7 Å². The lowest BCUT2D eigenvalue weighted by molar-refractivity contribution is -0.120. The summed E-state index contributed by atoms with van der Waals surface area (Å²) >= 11 is 1.08. The van der Waals surface area contributed by atoms with E-state index >= 15 is 0 Å². The molecule has 4 rings (SSSR count). The van der Waals surface area contributed by atoms with Crippen LogP contribution >= 0.6 is 11.3 Å². The zero-order chi connectivity index (χ0) is 19.9. The number of fused-ring (bicyclic) bond motifs is 1. The number of rotatable bonds is 8. The summed E-state index contributed by atoms with van der Waals surface area (Å²) in [5.74, 6) is -0.0209. The van der Waals surface area contributed by atoms with Crippen LogP contribution in [0, 0.1) is 11.7 Å². The van der Waals surface area contributed by atoms with Crippen molar-refractivity contribution >= 4 is 27.5 Å². The number of hydrogen-bond donors (Lipinski definition) is 1. The molecule has 8 heteroatoms. The Morgan fingerprint density at radius 3 is 2.86 bits per heavy atom. The smallest absolute Gasteiger partial charge is 0.217 e. The van der Waals surface area contributed by atoms with Crippen LogP contribution < -0.4 is 10.1 Å². The molecule has 0 saturated heterocycles. The number of thiazole rings is 1. The Balaban J connectivity index is 1.26. The highest BCUT2D eigenvalue weighted by Crippen LogP contribution is 2.52. The average Bonchev–Trinajstić information content (AvgIpc) is 3.18. The van der Waals surface area contributed by atoms with E-state index in [1.807, 2.05) is 6.92 Å². The molecule has 1 heterocycles. The molecule has 2 saturated carbocycles. The van der Waals surface area contributed by atoms with Crippen molar-refractivity contribution < 1.29 is 23.0 Å². The molecule has 28 heavy (non-hydrogen) atoms. The second-order valence-corrected chi connectivity index (χ2v) is 8.91. The molecular formula is C20H24F2N2O3S. The van der Waals surface area contributed by atoms with Crippen molar-refractivity contribution in [2.75, 3.05) is 13.2 Å². The molecular weight excluding hydrogens is 386 g/mol. The van der Waals surface area contributed by atoms with Crippen LogP contribution in [0.5, 0.6) is 5.75 Å². The summed E-state index contributed by atoms with van der Waals surface area (Å²) in [6.45, 7) is 4.28. The number of halogens is 2. The Morgan fingerprint density at radius 1 is 1.43 bits per heavy atom. The molecule has 1 aromatic carbocycles. The van der Waals surface area contributed by atoms with Crippen LogP contribution in [0.4, 0.5) is 8.78 Å². The fourth-order valence-corrected chi connectivity index (χ4v) is 4.52. The molecule has 2 aliphatic carbocycles. The second kappa shape index (κ2) is 7.55. The van der Waals surface area contributed by atoms with Gasteiger partial charge < -0.3 is 14.8 Å². The molecule has 0 spiro atoms. The third-order valence-corrected chi connectivity index (χ3v) is 6.48. The van der Waals surface area contributed by atoms with Gasteiger partial charge in [0.1, 0.15) is 5.01 Å². The minimum atomic E-state index is -1.35. The summed E-state index contributed by atoms with van der Waals surface area (Å²) in [5, 5.41) is 3.15. The maximum Gasteiger partial charge on any atom is 0.217 e. The van der Waals surface area contributed by atoms with Crippen molar-refractivity contribution in [2.45, 2.75) is 57.3 Å². The van der Waals surface area contributed by atoms with E-state index in [1.165, 1.54) is 6.92 Å². The Morgan fingerprint density at radius 2 is 2.18 bits per heavy atom.